The summed E-state index contributed by atoms with van der Waals surface area (Å²) in [5.74, 6) is 0. The summed E-state index contributed by atoms with van der Waals surface area (Å²) >= 11 is 1.86. The topological polar surface area (TPSA) is 8.17 Å². The molecular weight excluding hydrogens is 685 g/mol. The van der Waals surface area contributed by atoms with Crippen LogP contribution in [0.1, 0.15) is 0 Å². The van der Waals surface area contributed by atoms with Crippen molar-refractivity contribution >= 4 is 81.1 Å². The van der Waals surface area contributed by atoms with Crippen LogP contribution in [0.2, 0.25) is 0 Å². The molecule has 258 valence electrons. The van der Waals surface area contributed by atoms with Crippen LogP contribution in [0.25, 0.3) is 80.7 Å². The number of thiophene rings is 1. The largest absolute Gasteiger partial charge is 0.310 e. The Morgan fingerprint density at radius 2 is 1.02 bits per heavy atom. The Balaban J connectivity index is 1.20. The number of hydrogen-bond donors (Lipinski definition) is 0. The second-order valence-electron chi connectivity index (χ2n) is 14.1. The van der Waals surface area contributed by atoms with Crippen molar-refractivity contribution in [2.75, 3.05) is 4.90 Å². The Morgan fingerprint density at radius 3 is 1.87 bits per heavy atom. The lowest BCUT2D eigenvalue weighted by atomic mass is 9.94. The molecule has 2 nitrogen and oxygen atoms in total. The summed E-state index contributed by atoms with van der Waals surface area (Å²) in [7, 11) is 0. The van der Waals surface area contributed by atoms with E-state index in [0.29, 0.717) is 0 Å². The van der Waals surface area contributed by atoms with Crippen molar-refractivity contribution in [2.24, 2.45) is 0 Å². The molecule has 0 amide bonds. The lowest BCUT2D eigenvalue weighted by Crippen LogP contribution is -2.10. The fourth-order valence-electron chi connectivity index (χ4n) is 8.54. The number of anilines is 3. The Morgan fingerprint density at radius 1 is 0.382 bits per heavy atom. The summed E-state index contributed by atoms with van der Waals surface area (Å²) in [5.41, 5.74) is 11.8. The fraction of sp³-hybridized carbons (Fsp3) is 0. The quantitative estimate of drug-likeness (QED) is 0.166. The van der Waals surface area contributed by atoms with Gasteiger partial charge < -0.3 is 9.47 Å². The van der Waals surface area contributed by atoms with Crippen molar-refractivity contribution < 1.29 is 0 Å². The smallest absolute Gasteiger partial charge is 0.0562 e. The molecule has 55 heavy (non-hydrogen) atoms. The summed E-state index contributed by atoms with van der Waals surface area (Å²) in [4.78, 5) is 2.45. The van der Waals surface area contributed by atoms with Gasteiger partial charge in [-0.25, -0.2) is 0 Å². The Hall–Kier alpha value is -6.94. The van der Waals surface area contributed by atoms with Gasteiger partial charge >= 0.3 is 0 Å². The third-order valence-electron chi connectivity index (χ3n) is 11.0. The molecule has 0 atom stereocenters. The highest BCUT2D eigenvalue weighted by Crippen LogP contribution is 2.47. The maximum Gasteiger partial charge on any atom is 0.0562 e. The molecule has 9 aromatic carbocycles. The first-order valence-electron chi connectivity index (χ1n) is 18.8. The number of aromatic nitrogens is 1. The Bertz CT molecular complexity index is 3190. The van der Waals surface area contributed by atoms with Crippen molar-refractivity contribution in [1.82, 2.24) is 4.57 Å². The number of nitrogens with zero attached hydrogens (tertiary/aromatic N) is 2. The van der Waals surface area contributed by atoms with Crippen molar-refractivity contribution in [3.8, 4) is 27.9 Å². The first-order chi connectivity index (χ1) is 27.3. The summed E-state index contributed by atoms with van der Waals surface area (Å²) in [6, 6.07) is 75.2. The highest BCUT2D eigenvalue weighted by molar-refractivity contribution is 7.26. The minimum atomic E-state index is 1.11. The summed E-state index contributed by atoms with van der Waals surface area (Å²) in [5, 5.41) is 7.55. The van der Waals surface area contributed by atoms with Crippen molar-refractivity contribution in [3.63, 3.8) is 0 Å². The molecule has 0 saturated carbocycles. The van der Waals surface area contributed by atoms with Crippen LogP contribution in [-0.2, 0) is 0 Å². The standard InChI is InChI=1S/C52H34N2S/c1-3-14-35(15-4-1)36-28-30-39(31-29-36)53(47-25-13-27-50-52(47)45-21-9-10-26-49(45)55-50)40-32-33-44-48(34-40)54(38-18-5-2-6-19-38)46-24-12-23-43(51(44)46)42-22-11-17-37-16-7-8-20-41(37)42/h1-34H. The minimum absolute atomic E-state index is 1.11. The van der Waals surface area contributed by atoms with Crippen LogP contribution in [-0.4, -0.2) is 4.57 Å². The van der Waals surface area contributed by atoms with Gasteiger partial charge in [0.2, 0.25) is 0 Å². The normalized spacial score (nSPS) is 11.6. The molecule has 0 saturated heterocycles. The first-order valence-corrected chi connectivity index (χ1v) is 19.6. The van der Waals surface area contributed by atoms with Crippen LogP contribution in [0.4, 0.5) is 17.1 Å². The maximum atomic E-state index is 2.45. The van der Waals surface area contributed by atoms with E-state index in [1.165, 1.54) is 80.7 Å². The molecule has 0 fully saturated rings. The zero-order valence-corrected chi connectivity index (χ0v) is 30.7. The molecule has 2 aromatic heterocycles. The van der Waals surface area contributed by atoms with Gasteiger partial charge in [-0.3, -0.25) is 0 Å². The van der Waals surface area contributed by atoms with Gasteiger partial charge in [0.25, 0.3) is 0 Å². The molecule has 11 aromatic rings. The number of hydrogen-bond acceptors (Lipinski definition) is 2. The highest BCUT2D eigenvalue weighted by Gasteiger charge is 2.22. The van der Waals surface area contributed by atoms with Crippen molar-refractivity contribution in [2.45, 2.75) is 0 Å². The zero-order chi connectivity index (χ0) is 36.3. The van der Waals surface area contributed by atoms with Gasteiger partial charge in [-0.1, -0.05) is 146 Å². The molecule has 3 heteroatoms. The van der Waals surface area contributed by atoms with Gasteiger partial charge in [-0.05, 0) is 93.7 Å². The van der Waals surface area contributed by atoms with Crippen molar-refractivity contribution in [3.05, 3.63) is 206 Å². The van der Waals surface area contributed by atoms with Crippen molar-refractivity contribution in [1.29, 1.82) is 0 Å². The van der Waals surface area contributed by atoms with E-state index in [2.05, 4.69) is 216 Å². The maximum absolute atomic E-state index is 2.45. The lowest BCUT2D eigenvalue weighted by Gasteiger charge is -2.27. The number of benzene rings is 9. The molecule has 0 N–H and O–H groups in total. The second-order valence-corrected chi connectivity index (χ2v) is 15.2. The number of fused-ring (bicyclic) bond motifs is 7. The molecular formula is C52H34N2S. The SMILES string of the molecule is c1ccc(-c2ccc(N(c3ccc4c5c(-c6cccc7ccccc67)cccc5n(-c5ccccc5)c4c3)c3cccc4sc5ccccc5c34)cc2)cc1. The summed E-state index contributed by atoms with van der Waals surface area (Å²) < 4.78 is 5.02. The molecule has 0 aliphatic carbocycles. The van der Waals surface area contributed by atoms with Gasteiger partial charge in [-0.15, -0.1) is 11.3 Å². The minimum Gasteiger partial charge on any atom is -0.310 e. The average Bonchev–Trinajstić information content (AvgIpc) is 3.81. The first kappa shape index (κ1) is 31.6. The second kappa shape index (κ2) is 12.9. The van der Waals surface area contributed by atoms with E-state index < -0.39 is 0 Å². The van der Waals surface area contributed by atoms with Gasteiger partial charge in [0.15, 0.2) is 0 Å². The third kappa shape index (κ3) is 5.16. The molecule has 0 radical (unpaired) electrons. The number of rotatable bonds is 6. The third-order valence-corrected chi connectivity index (χ3v) is 12.1. The van der Waals surface area contributed by atoms with E-state index in [4.69, 9.17) is 0 Å². The van der Waals surface area contributed by atoms with Gasteiger partial charge in [0.05, 0.1) is 16.7 Å². The molecule has 11 rings (SSSR count). The van der Waals surface area contributed by atoms with E-state index in [-0.39, 0.29) is 0 Å². The van der Waals surface area contributed by atoms with E-state index in [1.54, 1.807) is 0 Å². The van der Waals surface area contributed by atoms with E-state index in [9.17, 15) is 0 Å². The average molecular weight is 719 g/mol. The number of para-hydroxylation sites is 1. The predicted molar refractivity (Wildman–Crippen MR) is 237 cm³/mol. The van der Waals surface area contributed by atoms with Crippen LogP contribution in [0, 0.1) is 0 Å². The molecule has 0 bridgehead atoms. The van der Waals surface area contributed by atoms with Gasteiger partial charge in [0, 0.05) is 48.0 Å². The Kier molecular flexibility index (Phi) is 7.39. The van der Waals surface area contributed by atoms with E-state index >= 15 is 0 Å². The lowest BCUT2D eigenvalue weighted by molar-refractivity contribution is 1.18. The molecule has 2 heterocycles. The molecule has 0 unspecified atom stereocenters. The van der Waals surface area contributed by atoms with Crippen LogP contribution >= 0.6 is 11.3 Å². The molecule has 0 aliphatic heterocycles. The van der Waals surface area contributed by atoms with Crippen LogP contribution < -0.4 is 4.90 Å². The van der Waals surface area contributed by atoms with E-state index in [0.717, 1.165) is 17.1 Å². The van der Waals surface area contributed by atoms with Gasteiger partial charge in [-0.2, -0.15) is 0 Å². The highest BCUT2D eigenvalue weighted by atomic mass is 32.1. The van der Waals surface area contributed by atoms with Crippen LogP contribution in [0.5, 0.6) is 0 Å². The summed E-state index contributed by atoms with van der Waals surface area (Å²) in [6.07, 6.45) is 0. The van der Waals surface area contributed by atoms with Crippen LogP contribution in [0.3, 0.4) is 0 Å². The fourth-order valence-corrected chi connectivity index (χ4v) is 9.66. The van der Waals surface area contributed by atoms with E-state index in [1.807, 2.05) is 11.3 Å². The predicted octanol–water partition coefficient (Wildman–Crippen LogP) is 15.1. The van der Waals surface area contributed by atoms with Crippen LogP contribution in [0.15, 0.2) is 206 Å². The molecule has 0 aliphatic rings. The van der Waals surface area contributed by atoms with Gasteiger partial charge in [0.1, 0.15) is 0 Å². The Labute approximate surface area is 323 Å². The molecule has 0 spiro atoms. The summed E-state index contributed by atoms with van der Waals surface area (Å²) in [6.45, 7) is 0. The monoisotopic (exact) mass is 718 g/mol. The zero-order valence-electron chi connectivity index (χ0n) is 29.9.